The van der Waals surface area contributed by atoms with Crippen LogP contribution in [-0.2, 0) is 10.5 Å². The highest BCUT2D eigenvalue weighted by molar-refractivity contribution is 8.13. The van der Waals surface area contributed by atoms with E-state index in [-0.39, 0.29) is 11.6 Å². The number of halogens is 2. The zero-order valence-corrected chi connectivity index (χ0v) is 15.2. The van der Waals surface area contributed by atoms with Crippen molar-refractivity contribution in [1.82, 2.24) is 10.3 Å². The third-order valence-electron chi connectivity index (χ3n) is 4.43. The van der Waals surface area contributed by atoms with Gasteiger partial charge in [0.2, 0.25) is 6.17 Å². The Kier molecular flexibility index (Phi) is 4.57. The van der Waals surface area contributed by atoms with Gasteiger partial charge in [-0.15, -0.1) is 0 Å². The van der Waals surface area contributed by atoms with Crippen molar-refractivity contribution in [2.75, 3.05) is 4.90 Å². The molecule has 0 saturated carbocycles. The van der Waals surface area contributed by atoms with E-state index in [1.165, 1.54) is 40.1 Å². The first-order chi connectivity index (χ1) is 13.0. The number of benzene rings is 2. The Morgan fingerprint density at radius 1 is 1.15 bits per heavy atom. The Labute approximate surface area is 159 Å². The van der Waals surface area contributed by atoms with Crippen molar-refractivity contribution in [3.8, 4) is 0 Å². The van der Waals surface area contributed by atoms with E-state index in [1.54, 1.807) is 11.1 Å². The lowest BCUT2D eigenvalue weighted by Crippen LogP contribution is -2.52. The van der Waals surface area contributed by atoms with Crippen molar-refractivity contribution in [2.45, 2.75) is 18.8 Å². The molecule has 5 nitrogen and oxygen atoms in total. The molecule has 138 valence electrons. The Balaban J connectivity index is 1.49. The van der Waals surface area contributed by atoms with Crippen molar-refractivity contribution in [1.29, 1.82) is 0 Å². The molecule has 1 atom stereocenters. The topological polar surface area (TPSA) is 47.9 Å². The predicted octanol–water partition coefficient (Wildman–Crippen LogP) is 3.53. The molecule has 2 aliphatic heterocycles. The van der Waals surface area contributed by atoms with Gasteiger partial charge in [0.05, 0.1) is 5.69 Å². The number of carbonyl (C=O) groups excluding carboxylic acids is 1. The van der Waals surface area contributed by atoms with E-state index >= 15 is 0 Å². The summed E-state index contributed by atoms with van der Waals surface area (Å²) in [5.41, 5.74) is 5.48. The standard InChI is InChI=1S/C19H16F2N4OS/c1-12-4-2-3-5-13(12)11-27-19-23-22-17-18(26)24(8-9-25(17)19)14-6-7-15(20)16(21)10-14/h2-10,17,22H,11H2,1H3. The number of fused-ring (bicyclic) bond motifs is 1. The number of nitrogens with one attached hydrogen (secondary N) is 1. The average Bonchev–Trinajstić information content (AvgIpc) is 3.08. The van der Waals surface area contributed by atoms with Crippen molar-refractivity contribution in [3.63, 3.8) is 0 Å². The minimum Gasteiger partial charge on any atom is -0.294 e. The normalized spacial score (nSPS) is 18.4. The van der Waals surface area contributed by atoms with Crippen LogP contribution in [0, 0.1) is 18.6 Å². The predicted molar refractivity (Wildman–Crippen MR) is 102 cm³/mol. The van der Waals surface area contributed by atoms with E-state index in [9.17, 15) is 13.6 Å². The van der Waals surface area contributed by atoms with Gasteiger partial charge in [-0.1, -0.05) is 36.0 Å². The Morgan fingerprint density at radius 3 is 2.74 bits per heavy atom. The van der Waals surface area contributed by atoms with E-state index in [1.807, 2.05) is 12.1 Å². The molecular formula is C19H16F2N4OS. The number of thioether (sulfide) groups is 1. The molecule has 0 radical (unpaired) electrons. The minimum atomic E-state index is -0.999. The van der Waals surface area contributed by atoms with Gasteiger partial charge < -0.3 is 0 Å². The molecule has 27 heavy (non-hydrogen) atoms. The number of carbonyl (C=O) groups is 1. The molecule has 2 aromatic rings. The van der Waals surface area contributed by atoms with Gasteiger partial charge in [0.15, 0.2) is 16.8 Å². The Hall–Kier alpha value is -2.87. The molecule has 8 heteroatoms. The van der Waals surface area contributed by atoms with Gasteiger partial charge in [-0.2, -0.15) is 5.10 Å². The first-order valence-corrected chi connectivity index (χ1v) is 9.28. The van der Waals surface area contributed by atoms with E-state index in [0.29, 0.717) is 5.17 Å². The molecule has 4 rings (SSSR count). The van der Waals surface area contributed by atoms with Crippen LogP contribution in [0.5, 0.6) is 0 Å². The van der Waals surface area contributed by atoms with Crippen LogP contribution in [0.25, 0.3) is 0 Å². The molecule has 0 saturated heterocycles. The van der Waals surface area contributed by atoms with Crippen molar-refractivity contribution < 1.29 is 13.6 Å². The highest BCUT2D eigenvalue weighted by atomic mass is 32.2. The summed E-state index contributed by atoms with van der Waals surface area (Å²) in [5.74, 6) is -1.54. The van der Waals surface area contributed by atoms with Gasteiger partial charge in [-0.25, -0.2) is 8.78 Å². The Bertz CT molecular complexity index is 962. The molecule has 1 N–H and O–H groups in total. The summed E-state index contributed by atoms with van der Waals surface area (Å²) < 4.78 is 26.6. The maximum Gasteiger partial charge on any atom is 0.276 e. The summed E-state index contributed by atoms with van der Waals surface area (Å²) in [6, 6.07) is 11.5. The smallest absolute Gasteiger partial charge is 0.276 e. The summed E-state index contributed by atoms with van der Waals surface area (Å²) in [6.07, 6.45) is 2.53. The van der Waals surface area contributed by atoms with Gasteiger partial charge in [0.25, 0.3) is 5.91 Å². The second-order valence-corrected chi connectivity index (χ2v) is 7.10. The summed E-state index contributed by atoms with van der Waals surface area (Å²) in [7, 11) is 0. The van der Waals surface area contributed by atoms with Gasteiger partial charge in [-0.05, 0) is 30.2 Å². The lowest BCUT2D eigenvalue weighted by atomic mass is 10.1. The minimum absolute atomic E-state index is 0.262. The number of rotatable bonds is 3. The quantitative estimate of drug-likeness (QED) is 0.877. The van der Waals surface area contributed by atoms with Crippen LogP contribution in [0.4, 0.5) is 14.5 Å². The molecule has 2 aliphatic rings. The van der Waals surface area contributed by atoms with Crippen LogP contribution < -0.4 is 10.3 Å². The fourth-order valence-corrected chi connectivity index (χ4v) is 3.92. The summed E-state index contributed by atoms with van der Waals surface area (Å²) in [6.45, 7) is 2.05. The second kappa shape index (κ2) is 7.03. The van der Waals surface area contributed by atoms with Crippen LogP contribution >= 0.6 is 11.8 Å². The van der Waals surface area contributed by atoms with Crippen LogP contribution in [0.2, 0.25) is 0 Å². The monoisotopic (exact) mass is 386 g/mol. The number of amides is 1. The van der Waals surface area contributed by atoms with Gasteiger partial charge >= 0.3 is 0 Å². The third-order valence-corrected chi connectivity index (χ3v) is 5.44. The third kappa shape index (κ3) is 3.28. The fraction of sp³-hybridized carbons (Fsp3) is 0.158. The van der Waals surface area contributed by atoms with Gasteiger partial charge in [-0.3, -0.25) is 20.0 Å². The highest BCUT2D eigenvalue weighted by Gasteiger charge is 2.38. The first kappa shape index (κ1) is 17.5. The van der Waals surface area contributed by atoms with E-state index < -0.39 is 17.8 Å². The van der Waals surface area contributed by atoms with Crippen LogP contribution in [0.1, 0.15) is 11.1 Å². The van der Waals surface area contributed by atoms with Crippen molar-refractivity contribution in [3.05, 3.63) is 77.6 Å². The molecule has 0 bridgehead atoms. The summed E-state index contributed by atoms with van der Waals surface area (Å²) >= 11 is 1.52. The lowest BCUT2D eigenvalue weighted by Gasteiger charge is -2.32. The number of amidine groups is 1. The molecule has 0 fully saturated rings. The number of hydrazone groups is 1. The summed E-state index contributed by atoms with van der Waals surface area (Å²) in [5, 5.41) is 4.94. The molecule has 1 amide bonds. The second-order valence-electron chi connectivity index (χ2n) is 6.15. The maximum absolute atomic E-state index is 13.5. The molecule has 0 aliphatic carbocycles. The number of aryl methyl sites for hydroxylation is 1. The van der Waals surface area contributed by atoms with Crippen molar-refractivity contribution >= 4 is 28.5 Å². The number of nitrogens with zero attached hydrogens (tertiary/aromatic N) is 3. The van der Waals surface area contributed by atoms with E-state index in [2.05, 4.69) is 29.6 Å². The molecule has 2 aromatic carbocycles. The molecule has 0 spiro atoms. The van der Waals surface area contributed by atoms with Gasteiger partial charge in [0.1, 0.15) is 0 Å². The number of hydrogen-bond acceptors (Lipinski definition) is 5. The molecule has 0 aromatic heterocycles. The number of hydrogen-bond donors (Lipinski definition) is 1. The zero-order chi connectivity index (χ0) is 19.0. The average molecular weight is 386 g/mol. The van der Waals surface area contributed by atoms with Crippen LogP contribution in [-0.4, -0.2) is 22.1 Å². The maximum atomic E-state index is 13.5. The SMILES string of the molecule is Cc1ccccc1CSC1=NNC2C(=O)N(c3ccc(F)c(F)c3)C=CN12. The zero-order valence-electron chi connectivity index (χ0n) is 14.4. The van der Waals surface area contributed by atoms with E-state index in [0.717, 1.165) is 17.9 Å². The Morgan fingerprint density at radius 2 is 1.96 bits per heavy atom. The van der Waals surface area contributed by atoms with Gasteiger partial charge in [0, 0.05) is 24.2 Å². The molecular weight excluding hydrogens is 370 g/mol. The largest absolute Gasteiger partial charge is 0.294 e. The fourth-order valence-electron chi connectivity index (χ4n) is 2.88. The lowest BCUT2D eigenvalue weighted by molar-refractivity contribution is -0.122. The molecule has 2 heterocycles. The van der Waals surface area contributed by atoms with E-state index in [4.69, 9.17) is 0 Å². The van der Waals surface area contributed by atoms with Crippen molar-refractivity contribution in [2.24, 2.45) is 5.10 Å². The summed E-state index contributed by atoms with van der Waals surface area (Å²) in [4.78, 5) is 15.8. The molecule has 1 unspecified atom stereocenters. The van der Waals surface area contributed by atoms with Crippen LogP contribution in [0.3, 0.4) is 0 Å². The first-order valence-electron chi connectivity index (χ1n) is 8.30. The van der Waals surface area contributed by atoms with Crippen LogP contribution in [0.15, 0.2) is 60.0 Å². The number of anilines is 1. The highest BCUT2D eigenvalue weighted by Crippen LogP contribution is 2.28.